The Hall–Kier alpha value is 0.01000. The summed E-state index contributed by atoms with van der Waals surface area (Å²) in [6, 6.07) is 0. The Labute approximate surface area is 74.7 Å². The quantitative estimate of drug-likeness (QED) is 0.538. The van der Waals surface area contributed by atoms with E-state index in [4.69, 9.17) is 11.8 Å². The summed E-state index contributed by atoms with van der Waals surface area (Å²) >= 11 is 7.24. The van der Waals surface area contributed by atoms with Crippen LogP contribution in [0.5, 0.6) is 0 Å². The lowest BCUT2D eigenvalue weighted by molar-refractivity contribution is -0.106. The van der Waals surface area contributed by atoms with Gasteiger partial charge in [0.15, 0.2) is 0 Å². The Morgan fingerprint density at radius 3 is 3.36 bits per heavy atom. The fourth-order valence-corrected chi connectivity index (χ4v) is 2.67. The number of rotatable bonds is 0. The molecule has 1 fully saturated rings. The first-order valence-corrected chi connectivity index (χ1v) is 4.79. The maximum Gasteiger partial charge on any atom is 0.212 e. The third kappa shape index (κ3) is 1.45. The van der Waals surface area contributed by atoms with Crippen LogP contribution in [0.15, 0.2) is 11.6 Å². The first-order chi connectivity index (χ1) is 5.25. The molecule has 2 aliphatic rings. The van der Waals surface area contributed by atoms with Crippen LogP contribution < -0.4 is 0 Å². The topological polar surface area (TPSA) is 20.3 Å². The largest absolute Gasteiger partial charge is 0.282 e. The summed E-state index contributed by atoms with van der Waals surface area (Å²) in [7, 11) is 0. The standard InChI is InChI=1S/C7H8ClNOS/c8-9-2-1-6-5(4-9)3-7(10)11-6/h3,6H,1-2,4H2. The molecule has 1 unspecified atom stereocenters. The van der Waals surface area contributed by atoms with Crippen LogP contribution in [0, 0.1) is 0 Å². The van der Waals surface area contributed by atoms with E-state index >= 15 is 0 Å². The summed E-state index contributed by atoms with van der Waals surface area (Å²) in [4.78, 5) is 10.9. The zero-order valence-corrected chi connectivity index (χ0v) is 7.49. The van der Waals surface area contributed by atoms with E-state index in [1.54, 1.807) is 10.5 Å². The van der Waals surface area contributed by atoms with E-state index in [-0.39, 0.29) is 5.12 Å². The van der Waals surface area contributed by atoms with Crippen molar-refractivity contribution in [3.05, 3.63) is 11.6 Å². The SMILES string of the molecule is O=C1C=C2CN(Cl)CCC2S1. The van der Waals surface area contributed by atoms with Crippen molar-refractivity contribution in [1.82, 2.24) is 4.42 Å². The molecular formula is C7H8ClNOS. The molecule has 1 atom stereocenters. The zero-order valence-electron chi connectivity index (χ0n) is 5.92. The highest BCUT2D eigenvalue weighted by atomic mass is 35.5. The van der Waals surface area contributed by atoms with E-state index in [0.717, 1.165) is 19.5 Å². The average molecular weight is 190 g/mol. The van der Waals surface area contributed by atoms with Crippen molar-refractivity contribution in [1.29, 1.82) is 0 Å². The number of carbonyl (C=O) groups is 1. The predicted molar refractivity (Wildman–Crippen MR) is 46.5 cm³/mol. The predicted octanol–water partition coefficient (Wildman–Crippen LogP) is 1.41. The van der Waals surface area contributed by atoms with Gasteiger partial charge in [0, 0.05) is 18.3 Å². The number of piperidine rings is 1. The van der Waals surface area contributed by atoms with Crippen LogP contribution in [0.2, 0.25) is 0 Å². The van der Waals surface area contributed by atoms with Crippen LogP contribution in [0.3, 0.4) is 0 Å². The van der Waals surface area contributed by atoms with Crippen molar-refractivity contribution in [3.63, 3.8) is 0 Å². The number of nitrogens with zero attached hydrogens (tertiary/aromatic N) is 1. The van der Waals surface area contributed by atoms with E-state index < -0.39 is 0 Å². The van der Waals surface area contributed by atoms with Gasteiger partial charge in [-0.15, -0.1) is 0 Å². The molecule has 2 heterocycles. The molecule has 2 rings (SSSR count). The second kappa shape index (κ2) is 2.81. The van der Waals surface area contributed by atoms with Gasteiger partial charge in [-0.05, 0) is 29.8 Å². The van der Waals surface area contributed by atoms with Gasteiger partial charge in [-0.25, -0.2) is 4.42 Å². The second-order valence-corrected chi connectivity index (χ2v) is 4.46. The molecule has 2 aliphatic heterocycles. The monoisotopic (exact) mass is 189 g/mol. The molecule has 0 radical (unpaired) electrons. The average Bonchev–Trinajstić information content (AvgIpc) is 2.27. The van der Waals surface area contributed by atoms with Gasteiger partial charge < -0.3 is 0 Å². The maximum atomic E-state index is 10.9. The third-order valence-electron chi connectivity index (χ3n) is 1.96. The minimum absolute atomic E-state index is 0.192. The van der Waals surface area contributed by atoms with Crippen molar-refractivity contribution < 1.29 is 4.79 Å². The highest BCUT2D eigenvalue weighted by molar-refractivity contribution is 8.15. The molecule has 2 nitrogen and oxygen atoms in total. The van der Waals surface area contributed by atoms with Gasteiger partial charge in [0.2, 0.25) is 5.12 Å². The van der Waals surface area contributed by atoms with Gasteiger partial charge in [0.05, 0.1) is 0 Å². The Kier molecular flexibility index (Phi) is 1.95. The van der Waals surface area contributed by atoms with Gasteiger partial charge in [0.25, 0.3) is 0 Å². The van der Waals surface area contributed by atoms with Crippen LogP contribution in [-0.4, -0.2) is 27.9 Å². The van der Waals surface area contributed by atoms with Crippen LogP contribution in [0.1, 0.15) is 6.42 Å². The van der Waals surface area contributed by atoms with Gasteiger partial charge in [-0.2, -0.15) is 0 Å². The third-order valence-corrected chi connectivity index (χ3v) is 3.42. The zero-order chi connectivity index (χ0) is 7.84. The van der Waals surface area contributed by atoms with Gasteiger partial charge in [-0.3, -0.25) is 4.79 Å². The highest BCUT2D eigenvalue weighted by Crippen LogP contribution is 2.34. The summed E-state index contributed by atoms with van der Waals surface area (Å²) in [5.41, 5.74) is 1.20. The molecule has 0 N–H and O–H groups in total. The molecule has 11 heavy (non-hydrogen) atoms. The second-order valence-electron chi connectivity index (χ2n) is 2.78. The van der Waals surface area contributed by atoms with E-state index in [0.29, 0.717) is 5.25 Å². The molecule has 60 valence electrons. The van der Waals surface area contributed by atoms with E-state index in [2.05, 4.69) is 0 Å². The van der Waals surface area contributed by atoms with Gasteiger partial charge in [0.1, 0.15) is 0 Å². The number of hydrogen-bond acceptors (Lipinski definition) is 3. The van der Waals surface area contributed by atoms with Crippen molar-refractivity contribution in [2.45, 2.75) is 11.7 Å². The molecule has 4 heteroatoms. The summed E-state index contributed by atoms with van der Waals surface area (Å²) in [6.45, 7) is 1.65. The minimum Gasteiger partial charge on any atom is -0.282 e. The first-order valence-electron chi connectivity index (χ1n) is 3.57. The normalized spacial score (nSPS) is 31.9. The number of thioether (sulfide) groups is 1. The van der Waals surface area contributed by atoms with Gasteiger partial charge in [-0.1, -0.05) is 11.8 Å². The lowest BCUT2D eigenvalue weighted by Gasteiger charge is -2.25. The number of halogens is 1. The van der Waals surface area contributed by atoms with Crippen molar-refractivity contribution >= 4 is 28.7 Å². The molecule has 0 aromatic carbocycles. The molecule has 0 saturated carbocycles. The van der Waals surface area contributed by atoms with Crippen LogP contribution in [0.25, 0.3) is 0 Å². The van der Waals surface area contributed by atoms with E-state index in [1.165, 1.54) is 17.3 Å². The Morgan fingerprint density at radius 1 is 1.73 bits per heavy atom. The molecule has 0 aromatic heterocycles. The number of carbonyl (C=O) groups excluding carboxylic acids is 1. The molecular weight excluding hydrogens is 182 g/mol. The molecule has 0 aromatic rings. The van der Waals surface area contributed by atoms with Crippen molar-refractivity contribution in [2.75, 3.05) is 13.1 Å². The number of hydrogen-bond donors (Lipinski definition) is 0. The Bertz CT molecular complexity index is 228. The smallest absolute Gasteiger partial charge is 0.212 e. The van der Waals surface area contributed by atoms with Crippen molar-refractivity contribution in [2.24, 2.45) is 0 Å². The van der Waals surface area contributed by atoms with Crippen LogP contribution >= 0.6 is 23.5 Å². The summed E-state index contributed by atoms with van der Waals surface area (Å²) in [5, 5.41) is 0.620. The van der Waals surface area contributed by atoms with Crippen molar-refractivity contribution in [3.8, 4) is 0 Å². The molecule has 0 amide bonds. The minimum atomic E-state index is 0.192. The molecule has 0 aliphatic carbocycles. The summed E-state index contributed by atoms with van der Waals surface area (Å²) in [6.07, 6.45) is 2.73. The Morgan fingerprint density at radius 2 is 2.55 bits per heavy atom. The lowest BCUT2D eigenvalue weighted by Crippen LogP contribution is -2.28. The molecule has 0 bridgehead atoms. The van der Waals surface area contributed by atoms with Crippen LogP contribution in [-0.2, 0) is 4.79 Å². The van der Waals surface area contributed by atoms with E-state index in [9.17, 15) is 4.79 Å². The highest BCUT2D eigenvalue weighted by Gasteiger charge is 2.30. The molecule has 0 spiro atoms. The summed E-state index contributed by atoms with van der Waals surface area (Å²) < 4.78 is 1.74. The molecule has 1 saturated heterocycles. The van der Waals surface area contributed by atoms with Crippen LogP contribution in [0.4, 0.5) is 0 Å². The van der Waals surface area contributed by atoms with Gasteiger partial charge >= 0.3 is 0 Å². The Balaban J connectivity index is 2.15. The summed E-state index contributed by atoms with van der Waals surface area (Å²) in [5.74, 6) is 0. The maximum absolute atomic E-state index is 10.9. The fraction of sp³-hybridized carbons (Fsp3) is 0.571. The first kappa shape index (κ1) is 7.65. The fourth-order valence-electron chi connectivity index (χ4n) is 1.42. The lowest BCUT2D eigenvalue weighted by atomic mass is 10.1. The van der Waals surface area contributed by atoms with E-state index in [1.807, 2.05) is 0 Å². The number of fused-ring (bicyclic) bond motifs is 1.